The van der Waals surface area contributed by atoms with Crippen molar-refractivity contribution >= 4 is 11.9 Å². The Kier molecular flexibility index (Phi) is 4.76. The van der Waals surface area contributed by atoms with E-state index in [-0.39, 0.29) is 6.04 Å². The van der Waals surface area contributed by atoms with Crippen LogP contribution in [0.25, 0.3) is 6.08 Å². The van der Waals surface area contributed by atoms with E-state index in [0.29, 0.717) is 12.1 Å². The quantitative estimate of drug-likeness (QED) is 0.863. The SMILES string of the molecule is CC(NC1CCC(N2c3ncccc3C=CC2C2CC2)CC1)C(F)F. The van der Waals surface area contributed by atoms with Gasteiger partial charge in [-0.15, -0.1) is 0 Å². The summed E-state index contributed by atoms with van der Waals surface area (Å²) in [5.74, 6) is 1.86. The first-order chi connectivity index (χ1) is 12.1. The summed E-state index contributed by atoms with van der Waals surface area (Å²) < 4.78 is 25.6. The third kappa shape index (κ3) is 3.57. The molecule has 0 saturated heterocycles. The second-order valence-electron chi connectivity index (χ2n) is 7.81. The minimum atomic E-state index is -2.29. The van der Waals surface area contributed by atoms with Crippen LogP contribution in [-0.4, -0.2) is 35.6 Å². The lowest BCUT2D eigenvalue weighted by Gasteiger charge is -2.44. The van der Waals surface area contributed by atoms with Gasteiger partial charge in [-0.1, -0.05) is 12.2 Å². The second kappa shape index (κ2) is 7.02. The summed E-state index contributed by atoms with van der Waals surface area (Å²) in [7, 11) is 0. The maximum atomic E-state index is 12.8. The first-order valence-electron chi connectivity index (χ1n) is 9.59. The zero-order valence-corrected chi connectivity index (χ0v) is 14.7. The van der Waals surface area contributed by atoms with Gasteiger partial charge in [0.05, 0.1) is 12.1 Å². The van der Waals surface area contributed by atoms with E-state index in [1.54, 1.807) is 6.92 Å². The number of hydrogen-bond donors (Lipinski definition) is 1. The first-order valence-corrected chi connectivity index (χ1v) is 9.59. The van der Waals surface area contributed by atoms with Gasteiger partial charge >= 0.3 is 0 Å². The molecule has 0 amide bonds. The lowest BCUT2D eigenvalue weighted by atomic mass is 9.87. The third-order valence-electron chi connectivity index (χ3n) is 5.93. The van der Waals surface area contributed by atoms with Crippen LogP contribution in [-0.2, 0) is 0 Å². The van der Waals surface area contributed by atoms with Gasteiger partial charge in [-0.2, -0.15) is 0 Å². The van der Waals surface area contributed by atoms with Crippen LogP contribution in [0, 0.1) is 5.92 Å². The zero-order chi connectivity index (χ0) is 17.4. The summed E-state index contributed by atoms with van der Waals surface area (Å²) in [5, 5.41) is 3.11. The van der Waals surface area contributed by atoms with Crippen LogP contribution >= 0.6 is 0 Å². The summed E-state index contributed by atoms with van der Waals surface area (Å²) in [6.07, 6.45) is 10.8. The van der Waals surface area contributed by atoms with E-state index in [0.717, 1.165) is 37.4 Å². The van der Waals surface area contributed by atoms with E-state index in [2.05, 4.69) is 33.4 Å². The number of halogens is 2. The molecular formula is C20H27F2N3. The topological polar surface area (TPSA) is 28.2 Å². The van der Waals surface area contributed by atoms with E-state index in [1.807, 2.05) is 12.3 Å². The second-order valence-corrected chi connectivity index (χ2v) is 7.81. The lowest BCUT2D eigenvalue weighted by Crippen LogP contribution is -2.50. The maximum Gasteiger partial charge on any atom is 0.253 e. The Bertz CT molecular complexity index is 621. The van der Waals surface area contributed by atoms with Crippen LogP contribution in [0.2, 0.25) is 0 Å². The van der Waals surface area contributed by atoms with E-state index < -0.39 is 12.5 Å². The fraction of sp³-hybridized carbons (Fsp3) is 0.650. The first kappa shape index (κ1) is 17.0. The van der Waals surface area contributed by atoms with Crippen LogP contribution in [0.3, 0.4) is 0 Å². The summed E-state index contributed by atoms with van der Waals surface area (Å²) >= 11 is 0. The molecule has 5 heteroatoms. The van der Waals surface area contributed by atoms with Crippen molar-refractivity contribution in [2.45, 2.75) is 76.0 Å². The molecule has 136 valence electrons. The van der Waals surface area contributed by atoms with Gasteiger partial charge in [0.2, 0.25) is 0 Å². The predicted molar refractivity (Wildman–Crippen MR) is 96.9 cm³/mol. The maximum absolute atomic E-state index is 12.8. The molecule has 1 aromatic rings. The van der Waals surface area contributed by atoms with Crippen molar-refractivity contribution in [3.05, 3.63) is 30.0 Å². The van der Waals surface area contributed by atoms with E-state index in [1.165, 1.54) is 18.4 Å². The van der Waals surface area contributed by atoms with Crippen LogP contribution in [0.15, 0.2) is 24.4 Å². The van der Waals surface area contributed by atoms with Gasteiger partial charge in [0.25, 0.3) is 6.43 Å². The molecule has 4 rings (SSSR count). The van der Waals surface area contributed by atoms with Gasteiger partial charge in [0.15, 0.2) is 0 Å². The van der Waals surface area contributed by atoms with Crippen LogP contribution < -0.4 is 10.2 Å². The monoisotopic (exact) mass is 347 g/mol. The average Bonchev–Trinajstić information content (AvgIpc) is 3.46. The van der Waals surface area contributed by atoms with Crippen LogP contribution in [0.5, 0.6) is 0 Å². The van der Waals surface area contributed by atoms with Crippen molar-refractivity contribution in [2.75, 3.05) is 4.90 Å². The smallest absolute Gasteiger partial charge is 0.253 e. The molecule has 2 aliphatic carbocycles. The van der Waals surface area contributed by atoms with Crippen LogP contribution in [0.4, 0.5) is 14.6 Å². The minimum absolute atomic E-state index is 0.211. The Morgan fingerprint density at radius 2 is 1.92 bits per heavy atom. The van der Waals surface area contributed by atoms with Crippen molar-refractivity contribution in [3.63, 3.8) is 0 Å². The molecule has 0 aromatic carbocycles. The number of rotatable bonds is 5. The average molecular weight is 347 g/mol. The van der Waals surface area contributed by atoms with E-state index in [9.17, 15) is 8.78 Å². The molecule has 2 saturated carbocycles. The molecule has 25 heavy (non-hydrogen) atoms. The highest BCUT2D eigenvalue weighted by Gasteiger charge is 2.40. The van der Waals surface area contributed by atoms with Gasteiger partial charge in [-0.3, -0.25) is 0 Å². The van der Waals surface area contributed by atoms with E-state index in [4.69, 9.17) is 0 Å². The van der Waals surface area contributed by atoms with Gasteiger partial charge < -0.3 is 10.2 Å². The lowest BCUT2D eigenvalue weighted by molar-refractivity contribution is 0.0955. The molecule has 0 spiro atoms. The van der Waals surface area contributed by atoms with Crippen molar-refractivity contribution in [2.24, 2.45) is 5.92 Å². The van der Waals surface area contributed by atoms with Gasteiger partial charge in [0, 0.05) is 23.8 Å². The Labute approximate surface area is 148 Å². The normalized spacial score (nSPS) is 30.4. The van der Waals surface area contributed by atoms with Gasteiger partial charge in [-0.25, -0.2) is 13.8 Å². The highest BCUT2D eigenvalue weighted by atomic mass is 19.3. The van der Waals surface area contributed by atoms with Crippen molar-refractivity contribution in [3.8, 4) is 0 Å². The number of aromatic nitrogens is 1. The summed E-state index contributed by atoms with van der Waals surface area (Å²) in [4.78, 5) is 7.23. The molecule has 1 N–H and O–H groups in total. The third-order valence-corrected chi connectivity index (χ3v) is 5.93. The highest BCUT2D eigenvalue weighted by molar-refractivity contribution is 5.69. The summed E-state index contributed by atoms with van der Waals surface area (Å²) in [5.41, 5.74) is 1.20. The molecule has 3 nitrogen and oxygen atoms in total. The molecule has 2 fully saturated rings. The van der Waals surface area contributed by atoms with Crippen molar-refractivity contribution in [1.29, 1.82) is 0 Å². The van der Waals surface area contributed by atoms with Crippen molar-refractivity contribution < 1.29 is 8.78 Å². The largest absolute Gasteiger partial charge is 0.346 e. The minimum Gasteiger partial charge on any atom is -0.346 e. The van der Waals surface area contributed by atoms with Gasteiger partial charge in [-0.05, 0) is 63.5 Å². The van der Waals surface area contributed by atoms with Gasteiger partial charge in [0.1, 0.15) is 5.82 Å². The Hall–Kier alpha value is -1.49. The number of hydrogen-bond acceptors (Lipinski definition) is 3. The number of fused-ring (bicyclic) bond motifs is 1. The summed E-state index contributed by atoms with van der Waals surface area (Å²) in [6.45, 7) is 1.58. The highest BCUT2D eigenvalue weighted by Crippen LogP contribution is 2.43. The van der Waals surface area contributed by atoms with E-state index >= 15 is 0 Å². The standard InChI is InChI=1S/C20H27F2N3/c1-13(19(21)22)24-16-7-9-17(10-8-16)25-18(14-4-5-14)11-6-15-3-2-12-23-20(15)25/h2-3,6,11-14,16-19,24H,4-5,7-10H2,1H3. The number of nitrogens with zero attached hydrogens (tertiary/aromatic N) is 2. The molecule has 0 bridgehead atoms. The molecule has 2 unspecified atom stereocenters. The zero-order valence-electron chi connectivity index (χ0n) is 14.7. The number of nitrogens with one attached hydrogen (secondary N) is 1. The Balaban J connectivity index is 1.46. The molecule has 3 aliphatic rings. The summed E-state index contributed by atoms with van der Waals surface area (Å²) in [6, 6.07) is 4.53. The molecular weight excluding hydrogens is 320 g/mol. The molecule has 1 aromatic heterocycles. The fourth-order valence-corrected chi connectivity index (χ4v) is 4.39. The molecule has 2 atom stereocenters. The number of alkyl halides is 2. The predicted octanol–water partition coefficient (Wildman–Crippen LogP) is 4.25. The molecule has 1 aliphatic heterocycles. The Morgan fingerprint density at radius 1 is 1.16 bits per heavy atom. The Morgan fingerprint density at radius 3 is 2.60 bits per heavy atom. The number of pyridine rings is 1. The van der Waals surface area contributed by atoms with Crippen LogP contribution in [0.1, 0.15) is 51.0 Å². The van der Waals surface area contributed by atoms with Crippen molar-refractivity contribution in [1.82, 2.24) is 10.3 Å². The fourth-order valence-electron chi connectivity index (χ4n) is 4.39. The molecule has 0 radical (unpaired) electrons. The molecule has 2 heterocycles. The number of anilines is 1.